The number of ether oxygens (including phenoxy) is 1. The Bertz CT molecular complexity index is 199. The molecule has 0 radical (unpaired) electrons. The van der Waals surface area contributed by atoms with Crippen LogP contribution in [0.15, 0.2) is 24.3 Å². The van der Waals surface area contributed by atoms with Gasteiger partial charge < -0.3 is 26.2 Å². The molecule has 0 saturated heterocycles. The van der Waals surface area contributed by atoms with Gasteiger partial charge in [-0.15, -0.1) is 3.69 Å². The topological polar surface area (TPSA) is 9.23 Å². The Morgan fingerprint density at radius 1 is 1.33 bits per heavy atom. The van der Waals surface area contributed by atoms with Crippen LogP contribution in [0, 0.1) is 0 Å². The number of para-hydroxylation sites is 1. The van der Waals surface area contributed by atoms with Crippen molar-refractivity contribution in [2.24, 2.45) is 0 Å². The fourth-order valence-corrected chi connectivity index (χ4v) is 2.09. The van der Waals surface area contributed by atoms with E-state index in [0.29, 0.717) is 0 Å². The van der Waals surface area contributed by atoms with Crippen LogP contribution >= 0.6 is 9.07 Å². The summed E-state index contributed by atoms with van der Waals surface area (Å²) in [5, 5.41) is 0. The zero-order valence-electron chi connectivity index (χ0n) is 7.18. The van der Waals surface area contributed by atoms with Crippen LogP contribution in [-0.2, 0) is 0 Å². The predicted octanol–water partition coefficient (Wildman–Crippen LogP) is -4.81. The number of halogens is 2. The average molecular weight is 209 g/mol. The van der Waals surface area contributed by atoms with Crippen LogP contribution < -0.4 is 39.7 Å². The molecule has 0 fully saturated rings. The molecule has 1 aromatic rings. The van der Waals surface area contributed by atoms with E-state index in [1.54, 1.807) is 7.11 Å². The molecule has 1 nitrogen and oxygen atoms in total. The fourth-order valence-electron chi connectivity index (χ4n) is 0.813. The van der Waals surface area contributed by atoms with Gasteiger partial charge in [0.15, 0.2) is 0 Å². The summed E-state index contributed by atoms with van der Waals surface area (Å²) in [7, 11) is 7.44. The third-order valence-electron chi connectivity index (χ3n) is 1.34. The number of hydrogen-bond donors (Lipinski definition) is 0. The normalized spacial score (nSPS) is 7.17. The molecule has 0 heterocycles. The number of rotatable bonds is 2. The van der Waals surface area contributed by atoms with Gasteiger partial charge in [0.05, 0.1) is 12.9 Å². The van der Waals surface area contributed by atoms with Crippen LogP contribution in [0.25, 0.3) is 0 Å². The van der Waals surface area contributed by atoms with Gasteiger partial charge in [-0.2, -0.15) is 0 Å². The van der Waals surface area contributed by atoms with E-state index in [2.05, 4.69) is 0 Å². The second-order valence-electron chi connectivity index (χ2n) is 1.95. The van der Waals surface area contributed by atoms with Crippen molar-refractivity contribution < 1.29 is 36.0 Å². The molecule has 0 aliphatic rings. The Kier molecular flexibility index (Phi) is 11.0. The standard InChI is InChI=1S/C7H7O.2ClH.Li.Mg/c1-8-7-5-3-2-4-6-7;;;;/h2-5H,1H3;2*1H;;/q;;;2*+1/p-2. The molecule has 1 aromatic carbocycles. The maximum atomic E-state index is 5.77. The maximum Gasteiger partial charge on any atom is 1.00 e. The van der Waals surface area contributed by atoms with Crippen LogP contribution in [0.4, 0.5) is 0 Å². The summed E-state index contributed by atoms with van der Waals surface area (Å²) < 4.78 is 6.26. The molecule has 0 amide bonds. The quantitative estimate of drug-likeness (QED) is 0.444. The van der Waals surface area contributed by atoms with Gasteiger partial charge in [-0.1, -0.05) is 18.2 Å². The summed E-state index contributed by atoms with van der Waals surface area (Å²) in [4.78, 5) is 0. The summed E-state index contributed by atoms with van der Waals surface area (Å²) in [6.45, 7) is 0. The molecule has 0 atom stereocenters. The Morgan fingerprint density at radius 3 is 2.33 bits per heavy atom. The SMILES string of the molecule is COc1cccc[c]1[Mg][Cl].[Cl-].[Li+]. The van der Waals surface area contributed by atoms with Crippen molar-refractivity contribution in [3.63, 3.8) is 0 Å². The van der Waals surface area contributed by atoms with Crippen LogP contribution in [-0.4, -0.2) is 26.4 Å². The van der Waals surface area contributed by atoms with Crippen molar-refractivity contribution in [3.05, 3.63) is 24.3 Å². The first-order valence-electron chi connectivity index (χ1n) is 3.06. The number of benzene rings is 1. The summed E-state index contributed by atoms with van der Waals surface area (Å²) >= 11 is -0.601. The zero-order valence-corrected chi connectivity index (χ0v) is 10.1. The van der Waals surface area contributed by atoms with Crippen LogP contribution in [0.5, 0.6) is 5.75 Å². The summed E-state index contributed by atoms with van der Waals surface area (Å²) in [6, 6.07) is 7.87. The van der Waals surface area contributed by atoms with Gasteiger partial charge in [0.2, 0.25) is 0 Å². The molecule has 5 heteroatoms. The first kappa shape index (κ1) is 15.4. The first-order chi connectivity index (χ1) is 4.88. The van der Waals surface area contributed by atoms with Crippen LogP contribution in [0.1, 0.15) is 0 Å². The molecule has 0 aliphatic heterocycles. The van der Waals surface area contributed by atoms with Crippen molar-refractivity contribution in [2.75, 3.05) is 7.11 Å². The molecular weight excluding hydrogens is 202 g/mol. The van der Waals surface area contributed by atoms with E-state index in [4.69, 9.17) is 13.8 Å². The van der Waals surface area contributed by atoms with Gasteiger partial charge in [-0.05, 0) is 6.07 Å². The van der Waals surface area contributed by atoms with E-state index in [1.807, 2.05) is 24.3 Å². The fraction of sp³-hybridized carbons (Fsp3) is 0.143. The summed E-state index contributed by atoms with van der Waals surface area (Å²) in [6.07, 6.45) is 0. The van der Waals surface area contributed by atoms with Crippen molar-refractivity contribution in [1.29, 1.82) is 0 Å². The Labute approximate surface area is 104 Å². The second kappa shape index (κ2) is 8.56. The molecule has 1 rings (SSSR count). The van der Waals surface area contributed by atoms with E-state index < -0.39 is 19.3 Å². The Balaban J connectivity index is 0. The monoisotopic (exact) mass is 208 g/mol. The van der Waals surface area contributed by atoms with Crippen LogP contribution in [0.3, 0.4) is 0 Å². The number of hydrogen-bond acceptors (Lipinski definition) is 1. The minimum absolute atomic E-state index is 0. The third kappa shape index (κ3) is 4.27. The molecule has 0 aromatic heterocycles. The molecule has 0 N–H and O–H groups in total. The smallest absolute Gasteiger partial charge is 1.00 e. The summed E-state index contributed by atoms with van der Waals surface area (Å²) in [5.74, 6) is 0.921. The van der Waals surface area contributed by atoms with E-state index >= 15 is 0 Å². The van der Waals surface area contributed by atoms with Crippen LogP contribution in [0.2, 0.25) is 0 Å². The molecule has 0 bridgehead atoms. The van der Waals surface area contributed by atoms with Crippen molar-refractivity contribution in [3.8, 4) is 5.75 Å². The van der Waals surface area contributed by atoms with Crippen molar-refractivity contribution in [1.82, 2.24) is 0 Å². The first-order valence-corrected chi connectivity index (χ1v) is 5.91. The molecule has 0 saturated carbocycles. The minimum Gasteiger partial charge on any atom is -1.00 e. The molecule has 12 heavy (non-hydrogen) atoms. The predicted molar refractivity (Wildman–Crippen MR) is 44.2 cm³/mol. The molecule has 58 valence electrons. The van der Waals surface area contributed by atoms with E-state index in [-0.39, 0.29) is 31.3 Å². The maximum absolute atomic E-state index is 5.77. The van der Waals surface area contributed by atoms with Gasteiger partial charge >= 0.3 is 38.1 Å². The number of methoxy groups -OCH3 is 1. The van der Waals surface area contributed by atoms with Gasteiger partial charge in [-0.25, -0.2) is 0 Å². The Hall–Kier alpha value is 0.964. The molecule has 0 spiro atoms. The van der Waals surface area contributed by atoms with E-state index in [0.717, 1.165) is 5.75 Å². The Morgan fingerprint density at radius 2 is 1.92 bits per heavy atom. The largest absolute Gasteiger partial charge is 1.00 e. The van der Waals surface area contributed by atoms with E-state index in [1.165, 1.54) is 3.69 Å². The minimum atomic E-state index is -0.601. The van der Waals surface area contributed by atoms with E-state index in [9.17, 15) is 0 Å². The third-order valence-corrected chi connectivity index (χ3v) is 3.07. The van der Waals surface area contributed by atoms with Gasteiger partial charge in [0.25, 0.3) is 0 Å². The molecule has 0 aliphatic carbocycles. The van der Waals surface area contributed by atoms with Gasteiger partial charge in [-0.3, -0.25) is 0 Å². The summed E-state index contributed by atoms with van der Waals surface area (Å²) in [5.41, 5.74) is 0. The van der Waals surface area contributed by atoms with Crippen molar-refractivity contribution in [2.45, 2.75) is 0 Å². The molecule has 0 unspecified atom stereocenters. The van der Waals surface area contributed by atoms with Crippen molar-refractivity contribution >= 4 is 32.0 Å². The van der Waals surface area contributed by atoms with Gasteiger partial charge in [0, 0.05) is 0 Å². The molecular formula is C7H7Cl2LiMgO. The van der Waals surface area contributed by atoms with Gasteiger partial charge in [0.1, 0.15) is 0 Å². The second-order valence-corrected chi connectivity index (χ2v) is 3.78. The zero-order chi connectivity index (χ0) is 7.40. The average Bonchev–Trinajstić information content (AvgIpc) is 2.04.